The van der Waals surface area contributed by atoms with Crippen LogP contribution in [0.4, 0.5) is 15.9 Å². The van der Waals surface area contributed by atoms with Crippen LogP contribution in [0.15, 0.2) is 36.5 Å². The predicted molar refractivity (Wildman–Crippen MR) is 134 cm³/mol. The smallest absolute Gasteiger partial charge is 0.242 e. The third-order valence-corrected chi connectivity index (χ3v) is 7.88. The van der Waals surface area contributed by atoms with Crippen molar-refractivity contribution in [3.8, 4) is 0 Å². The van der Waals surface area contributed by atoms with Crippen LogP contribution in [-0.4, -0.2) is 63.6 Å². The minimum atomic E-state index is -1.73. The number of amides is 2. The number of nitrogens with zero attached hydrogens (tertiary/aromatic N) is 3. The first-order chi connectivity index (χ1) is 16.7. The first-order valence-corrected chi connectivity index (χ1v) is 12.8. The van der Waals surface area contributed by atoms with Gasteiger partial charge in [-0.15, -0.1) is 0 Å². The van der Waals surface area contributed by atoms with Crippen LogP contribution in [0.25, 0.3) is 0 Å². The number of hydrogen-bond donors (Lipinski definition) is 3. The molecule has 1 aromatic heterocycles. The van der Waals surface area contributed by atoms with Gasteiger partial charge in [-0.1, -0.05) is 17.7 Å². The molecule has 0 aliphatic carbocycles. The highest BCUT2D eigenvalue weighted by Crippen LogP contribution is 2.23. The number of rotatable bonds is 5. The van der Waals surface area contributed by atoms with E-state index in [1.54, 1.807) is 6.20 Å². The Kier molecular flexibility index (Phi) is 8.00. The number of pyridine rings is 1. The number of carbonyl (C=O) groups is 2. The molecule has 3 unspecified atom stereocenters. The van der Waals surface area contributed by atoms with Gasteiger partial charge in [0.15, 0.2) is 11.2 Å². The SMILES string of the molecule is Cc1cccnc1N1CCC(NC(=O)C2CC(C(=O)Nc3ccc(F)c(Cl)c3)N(C)S(=O)N2)CC1. The Labute approximate surface area is 211 Å². The van der Waals surface area contributed by atoms with Crippen LogP contribution in [-0.2, 0) is 20.8 Å². The summed E-state index contributed by atoms with van der Waals surface area (Å²) in [4.78, 5) is 32.5. The number of hydrogen-bond acceptors (Lipinski definition) is 5. The van der Waals surface area contributed by atoms with E-state index < -0.39 is 35.0 Å². The van der Waals surface area contributed by atoms with Crippen molar-refractivity contribution in [3.63, 3.8) is 0 Å². The number of benzene rings is 1. The van der Waals surface area contributed by atoms with Gasteiger partial charge >= 0.3 is 0 Å². The lowest BCUT2D eigenvalue weighted by Gasteiger charge is -2.37. The van der Waals surface area contributed by atoms with Crippen LogP contribution in [0.3, 0.4) is 0 Å². The molecule has 2 fully saturated rings. The number of carbonyl (C=O) groups excluding carboxylic acids is 2. The van der Waals surface area contributed by atoms with E-state index >= 15 is 0 Å². The molecule has 2 amide bonds. The minimum absolute atomic E-state index is 0.0220. The maximum Gasteiger partial charge on any atom is 0.242 e. The Morgan fingerprint density at radius 2 is 1.97 bits per heavy atom. The summed E-state index contributed by atoms with van der Waals surface area (Å²) in [7, 11) is 1.54. The summed E-state index contributed by atoms with van der Waals surface area (Å²) in [5.41, 5.74) is 1.43. The van der Waals surface area contributed by atoms with Crippen LogP contribution < -0.4 is 20.3 Å². The Bertz CT molecular complexity index is 1130. The fraction of sp³-hybridized carbons (Fsp3) is 0.435. The van der Waals surface area contributed by atoms with Crippen molar-refractivity contribution in [1.29, 1.82) is 0 Å². The molecule has 9 nitrogen and oxygen atoms in total. The number of likely N-dealkylation sites (N-methyl/N-ethyl adjacent to an activating group) is 1. The van der Waals surface area contributed by atoms with E-state index in [4.69, 9.17) is 11.6 Å². The molecule has 12 heteroatoms. The molecule has 2 saturated heterocycles. The van der Waals surface area contributed by atoms with Crippen LogP contribution in [0.1, 0.15) is 24.8 Å². The molecule has 4 rings (SSSR count). The summed E-state index contributed by atoms with van der Waals surface area (Å²) in [5, 5.41) is 5.58. The van der Waals surface area contributed by atoms with Crippen LogP contribution in [0, 0.1) is 12.7 Å². The molecule has 0 spiro atoms. The zero-order valence-corrected chi connectivity index (χ0v) is 21.0. The number of piperidine rings is 1. The number of halogens is 2. The van der Waals surface area contributed by atoms with Crippen molar-refractivity contribution in [2.24, 2.45) is 0 Å². The van der Waals surface area contributed by atoms with Crippen molar-refractivity contribution in [2.75, 3.05) is 30.4 Å². The van der Waals surface area contributed by atoms with E-state index in [-0.39, 0.29) is 23.4 Å². The lowest BCUT2D eigenvalue weighted by molar-refractivity contribution is -0.125. The standard InChI is InChI=1S/C23H28ClFN6O3S/c1-14-4-3-9-26-21(14)31-10-7-15(8-11-31)27-22(32)19-13-20(30(2)35(34)29-19)23(33)28-16-5-6-18(25)17(24)12-16/h3-6,9,12,15,19-20,29H,7-8,10-11,13H2,1-2H3,(H,27,32)(H,28,33). The van der Waals surface area contributed by atoms with Gasteiger partial charge in [0, 0.05) is 38.1 Å². The highest BCUT2D eigenvalue weighted by atomic mass is 35.5. The van der Waals surface area contributed by atoms with Crippen LogP contribution in [0.5, 0.6) is 0 Å². The molecule has 0 bridgehead atoms. The molecule has 3 N–H and O–H groups in total. The second-order valence-electron chi connectivity index (χ2n) is 8.75. The van der Waals surface area contributed by atoms with Crippen LogP contribution >= 0.6 is 11.6 Å². The van der Waals surface area contributed by atoms with Gasteiger partial charge in [-0.05, 0) is 56.0 Å². The molecule has 3 atom stereocenters. The molecule has 2 aliphatic heterocycles. The third-order valence-electron chi connectivity index (χ3n) is 6.33. The lowest BCUT2D eigenvalue weighted by Crippen LogP contribution is -2.61. The second kappa shape index (κ2) is 11.0. The Balaban J connectivity index is 1.34. The van der Waals surface area contributed by atoms with E-state index in [0.29, 0.717) is 5.69 Å². The first kappa shape index (κ1) is 25.5. The normalized spacial score (nSPS) is 23.7. The summed E-state index contributed by atoms with van der Waals surface area (Å²) in [6.45, 7) is 3.56. The lowest BCUT2D eigenvalue weighted by atomic mass is 10.0. The molecule has 188 valence electrons. The van der Waals surface area contributed by atoms with Crippen molar-refractivity contribution in [3.05, 3.63) is 52.9 Å². The summed E-state index contributed by atoms with van der Waals surface area (Å²) in [6, 6.07) is 6.13. The van der Waals surface area contributed by atoms with Gasteiger partial charge in [-0.2, -0.15) is 0 Å². The van der Waals surface area contributed by atoms with E-state index in [2.05, 4.69) is 25.2 Å². The summed E-state index contributed by atoms with van der Waals surface area (Å²) in [5.74, 6) is -0.383. The van der Waals surface area contributed by atoms with E-state index in [1.165, 1.54) is 23.5 Å². The predicted octanol–water partition coefficient (Wildman–Crippen LogP) is 2.15. The quantitative estimate of drug-likeness (QED) is 0.558. The summed E-state index contributed by atoms with van der Waals surface area (Å²) < 4.78 is 30.1. The number of anilines is 2. The average Bonchev–Trinajstić information content (AvgIpc) is 2.84. The maximum atomic E-state index is 13.4. The average molecular weight is 523 g/mol. The van der Waals surface area contributed by atoms with Gasteiger partial charge in [0.05, 0.1) is 5.02 Å². The zero-order valence-electron chi connectivity index (χ0n) is 19.5. The fourth-order valence-corrected chi connectivity index (χ4v) is 5.52. The summed E-state index contributed by atoms with van der Waals surface area (Å²) >= 11 is 4.06. The number of aryl methyl sites for hydroxylation is 1. The Morgan fingerprint density at radius 3 is 2.66 bits per heavy atom. The molecule has 0 radical (unpaired) electrons. The zero-order chi connectivity index (χ0) is 25.1. The molecule has 0 saturated carbocycles. The molecule has 2 aliphatic rings. The Morgan fingerprint density at radius 1 is 1.23 bits per heavy atom. The van der Waals surface area contributed by atoms with Crippen molar-refractivity contribution < 1.29 is 18.2 Å². The van der Waals surface area contributed by atoms with Gasteiger partial charge < -0.3 is 15.5 Å². The molecule has 2 aromatic rings. The molecular formula is C23H28ClFN6O3S. The molecular weight excluding hydrogens is 495 g/mol. The largest absolute Gasteiger partial charge is 0.356 e. The number of aromatic nitrogens is 1. The topological polar surface area (TPSA) is 107 Å². The van der Waals surface area contributed by atoms with Crippen molar-refractivity contribution in [1.82, 2.24) is 19.3 Å². The second-order valence-corrected chi connectivity index (χ2v) is 10.5. The van der Waals surface area contributed by atoms with Crippen LogP contribution in [0.2, 0.25) is 5.02 Å². The van der Waals surface area contributed by atoms with Gasteiger partial charge in [-0.3, -0.25) is 9.59 Å². The fourth-order valence-electron chi connectivity index (χ4n) is 4.32. The Hall–Kier alpha value is -2.60. The van der Waals surface area contributed by atoms with E-state index in [1.807, 2.05) is 19.1 Å². The minimum Gasteiger partial charge on any atom is -0.356 e. The van der Waals surface area contributed by atoms with Gasteiger partial charge in [0.1, 0.15) is 23.7 Å². The van der Waals surface area contributed by atoms with Crippen molar-refractivity contribution >= 4 is 46.1 Å². The highest BCUT2D eigenvalue weighted by Gasteiger charge is 2.39. The highest BCUT2D eigenvalue weighted by molar-refractivity contribution is 7.80. The van der Waals surface area contributed by atoms with E-state index in [0.717, 1.165) is 43.4 Å². The van der Waals surface area contributed by atoms with Gasteiger partial charge in [-0.25, -0.2) is 22.6 Å². The van der Waals surface area contributed by atoms with Gasteiger partial charge in [0.2, 0.25) is 11.8 Å². The molecule has 35 heavy (non-hydrogen) atoms. The molecule has 3 heterocycles. The van der Waals surface area contributed by atoms with Crippen molar-refractivity contribution in [2.45, 2.75) is 44.3 Å². The monoisotopic (exact) mass is 522 g/mol. The third kappa shape index (κ3) is 5.97. The number of nitrogens with one attached hydrogen (secondary N) is 3. The summed E-state index contributed by atoms with van der Waals surface area (Å²) in [6.07, 6.45) is 3.42. The molecule has 1 aromatic carbocycles. The van der Waals surface area contributed by atoms with Gasteiger partial charge in [0.25, 0.3) is 0 Å². The van der Waals surface area contributed by atoms with E-state index in [9.17, 15) is 18.2 Å². The first-order valence-electron chi connectivity index (χ1n) is 11.4. The maximum absolute atomic E-state index is 13.4.